The van der Waals surface area contributed by atoms with E-state index in [-0.39, 0.29) is 11.8 Å². The third-order valence-corrected chi connectivity index (χ3v) is 3.52. The molecule has 100 valence electrons. The summed E-state index contributed by atoms with van der Waals surface area (Å²) in [6, 6.07) is 0. The summed E-state index contributed by atoms with van der Waals surface area (Å²) in [5, 5.41) is 2.73. The van der Waals surface area contributed by atoms with Crippen LogP contribution < -0.4 is 5.32 Å². The van der Waals surface area contributed by atoms with Crippen LogP contribution in [-0.2, 0) is 17.9 Å². The van der Waals surface area contributed by atoms with Gasteiger partial charge in [0.05, 0.1) is 12.5 Å². The predicted molar refractivity (Wildman–Crippen MR) is 70.0 cm³/mol. The van der Waals surface area contributed by atoms with Crippen LogP contribution in [0.1, 0.15) is 25.6 Å². The van der Waals surface area contributed by atoms with Crippen molar-refractivity contribution >= 4 is 5.91 Å². The van der Waals surface area contributed by atoms with Crippen molar-refractivity contribution in [2.24, 2.45) is 5.92 Å². The highest BCUT2D eigenvalue weighted by Crippen LogP contribution is 2.18. The number of carbonyl (C=O) groups is 1. The first kappa shape index (κ1) is 13.1. The Bertz CT molecular complexity index is 401. The number of rotatable bonds is 5. The number of nitrogens with zero attached hydrogens (tertiary/aromatic N) is 3. The van der Waals surface area contributed by atoms with Crippen LogP contribution in [0.5, 0.6) is 0 Å². The fraction of sp³-hybridized carbons (Fsp3) is 0.692. The molecule has 5 nitrogen and oxygen atoms in total. The number of aromatic nitrogens is 2. The van der Waals surface area contributed by atoms with E-state index in [1.165, 1.54) is 0 Å². The second-order valence-electron chi connectivity index (χ2n) is 4.87. The Hall–Kier alpha value is -1.36. The lowest BCUT2D eigenvalue weighted by Crippen LogP contribution is -2.30. The average Bonchev–Trinajstić information content (AvgIpc) is 3.00. The maximum Gasteiger partial charge on any atom is 0.224 e. The van der Waals surface area contributed by atoms with Crippen LogP contribution in [0.25, 0.3) is 0 Å². The van der Waals surface area contributed by atoms with Crippen molar-refractivity contribution in [2.45, 2.75) is 32.9 Å². The van der Waals surface area contributed by atoms with Crippen molar-refractivity contribution in [3.05, 3.63) is 18.2 Å². The maximum atomic E-state index is 11.6. The molecule has 0 aromatic carbocycles. The van der Waals surface area contributed by atoms with Crippen LogP contribution >= 0.6 is 0 Å². The van der Waals surface area contributed by atoms with Gasteiger partial charge in [-0.2, -0.15) is 0 Å². The molecule has 18 heavy (non-hydrogen) atoms. The fourth-order valence-corrected chi connectivity index (χ4v) is 2.53. The number of amides is 1. The summed E-state index contributed by atoms with van der Waals surface area (Å²) in [6.07, 6.45) is 5.96. The molecule has 2 heterocycles. The average molecular weight is 250 g/mol. The molecule has 2 rings (SSSR count). The monoisotopic (exact) mass is 250 g/mol. The quantitative estimate of drug-likeness (QED) is 0.843. The van der Waals surface area contributed by atoms with Gasteiger partial charge in [0.2, 0.25) is 5.91 Å². The highest BCUT2D eigenvalue weighted by Gasteiger charge is 2.28. The molecule has 1 amide bonds. The molecule has 1 N–H and O–H groups in total. The highest BCUT2D eigenvalue weighted by atomic mass is 16.1. The fourth-order valence-electron chi connectivity index (χ4n) is 2.53. The van der Waals surface area contributed by atoms with Gasteiger partial charge in [0.1, 0.15) is 5.82 Å². The molecule has 1 saturated heterocycles. The van der Waals surface area contributed by atoms with Crippen molar-refractivity contribution in [2.75, 3.05) is 20.1 Å². The minimum Gasteiger partial charge on any atom is -0.359 e. The number of carbonyl (C=O) groups excluding carboxylic acids is 1. The van der Waals surface area contributed by atoms with Gasteiger partial charge in [0.25, 0.3) is 0 Å². The summed E-state index contributed by atoms with van der Waals surface area (Å²) in [5.41, 5.74) is 0. The molecule has 1 fully saturated rings. The highest BCUT2D eigenvalue weighted by molar-refractivity contribution is 5.78. The van der Waals surface area contributed by atoms with Gasteiger partial charge >= 0.3 is 0 Å². The Morgan fingerprint density at radius 1 is 1.61 bits per heavy atom. The molecule has 5 heteroatoms. The van der Waals surface area contributed by atoms with Crippen LogP contribution in [0.3, 0.4) is 0 Å². The molecule has 1 aliphatic rings. The lowest BCUT2D eigenvalue weighted by molar-refractivity contribution is -0.124. The molecular formula is C13H22N4O. The molecular weight excluding hydrogens is 228 g/mol. The number of nitrogens with one attached hydrogen (secondary N) is 1. The third kappa shape index (κ3) is 2.90. The Morgan fingerprint density at radius 2 is 2.44 bits per heavy atom. The second-order valence-corrected chi connectivity index (χ2v) is 4.87. The molecule has 1 aliphatic heterocycles. The van der Waals surface area contributed by atoms with E-state index in [0.29, 0.717) is 0 Å². The number of imidazole rings is 1. The van der Waals surface area contributed by atoms with Gasteiger partial charge in [-0.3, -0.25) is 9.69 Å². The smallest absolute Gasteiger partial charge is 0.224 e. The van der Waals surface area contributed by atoms with Gasteiger partial charge in [-0.05, 0) is 19.4 Å². The van der Waals surface area contributed by atoms with E-state index in [1.807, 2.05) is 12.4 Å². The lowest BCUT2D eigenvalue weighted by Gasteiger charge is -2.16. The van der Waals surface area contributed by atoms with E-state index in [4.69, 9.17) is 0 Å². The topological polar surface area (TPSA) is 50.2 Å². The summed E-state index contributed by atoms with van der Waals surface area (Å²) >= 11 is 0. The minimum absolute atomic E-state index is 0.143. The molecule has 0 bridgehead atoms. The molecule has 0 aliphatic carbocycles. The number of aryl methyl sites for hydroxylation is 1. The van der Waals surface area contributed by atoms with E-state index in [0.717, 1.165) is 44.8 Å². The predicted octanol–water partition coefficient (Wildman–Crippen LogP) is 0.861. The van der Waals surface area contributed by atoms with Crippen LogP contribution in [0.2, 0.25) is 0 Å². The Balaban J connectivity index is 1.91. The van der Waals surface area contributed by atoms with E-state index < -0.39 is 0 Å². The summed E-state index contributed by atoms with van der Waals surface area (Å²) < 4.78 is 2.20. The SMILES string of the molecule is CCCn1ccnc1CN1CC[C@@H](C(=O)NC)C1. The largest absolute Gasteiger partial charge is 0.359 e. The molecule has 0 spiro atoms. The molecule has 1 atom stereocenters. The van der Waals surface area contributed by atoms with E-state index in [2.05, 4.69) is 26.7 Å². The number of likely N-dealkylation sites (tertiary alicyclic amines) is 1. The summed E-state index contributed by atoms with van der Waals surface area (Å²) in [4.78, 5) is 18.3. The van der Waals surface area contributed by atoms with Crippen molar-refractivity contribution in [1.82, 2.24) is 19.8 Å². The number of hydrogen-bond acceptors (Lipinski definition) is 3. The summed E-state index contributed by atoms with van der Waals surface area (Å²) in [7, 11) is 1.71. The van der Waals surface area contributed by atoms with Crippen LogP contribution in [-0.4, -0.2) is 40.5 Å². The van der Waals surface area contributed by atoms with Crippen molar-refractivity contribution in [1.29, 1.82) is 0 Å². The Labute approximate surface area is 108 Å². The first-order valence-electron chi connectivity index (χ1n) is 6.68. The minimum atomic E-state index is 0.143. The Morgan fingerprint density at radius 3 is 3.17 bits per heavy atom. The van der Waals surface area contributed by atoms with Gasteiger partial charge < -0.3 is 9.88 Å². The summed E-state index contributed by atoms with van der Waals surface area (Å²) in [5.74, 6) is 1.41. The van der Waals surface area contributed by atoms with Crippen LogP contribution in [0.4, 0.5) is 0 Å². The zero-order valence-electron chi connectivity index (χ0n) is 11.2. The van der Waals surface area contributed by atoms with Gasteiger partial charge in [-0.1, -0.05) is 6.92 Å². The molecule has 1 aromatic heterocycles. The normalized spacial score (nSPS) is 20.2. The maximum absolute atomic E-state index is 11.6. The van der Waals surface area contributed by atoms with Crippen molar-refractivity contribution in [3.63, 3.8) is 0 Å². The Kier molecular flexibility index (Phi) is 4.36. The van der Waals surface area contributed by atoms with Crippen molar-refractivity contribution < 1.29 is 4.79 Å². The molecule has 1 aromatic rings. The zero-order valence-corrected chi connectivity index (χ0v) is 11.2. The lowest BCUT2D eigenvalue weighted by atomic mass is 10.1. The van der Waals surface area contributed by atoms with Crippen LogP contribution in [0.15, 0.2) is 12.4 Å². The second kappa shape index (κ2) is 6.00. The first-order valence-corrected chi connectivity index (χ1v) is 6.68. The zero-order chi connectivity index (χ0) is 13.0. The molecule has 0 unspecified atom stereocenters. The van der Waals surface area contributed by atoms with Gasteiger partial charge in [0, 0.05) is 32.5 Å². The third-order valence-electron chi connectivity index (χ3n) is 3.52. The summed E-state index contributed by atoms with van der Waals surface area (Å²) in [6.45, 7) is 5.86. The van der Waals surface area contributed by atoms with Crippen LogP contribution in [0, 0.1) is 5.92 Å². The number of hydrogen-bond donors (Lipinski definition) is 1. The van der Waals surface area contributed by atoms with E-state index in [1.54, 1.807) is 7.05 Å². The standard InChI is InChI=1S/C13H22N4O/c1-3-6-17-8-5-15-12(17)10-16-7-4-11(9-16)13(18)14-2/h5,8,11H,3-4,6-7,9-10H2,1-2H3,(H,14,18)/t11-/m1/s1. The van der Waals surface area contributed by atoms with E-state index >= 15 is 0 Å². The first-order chi connectivity index (χ1) is 8.74. The van der Waals surface area contributed by atoms with Crippen molar-refractivity contribution in [3.8, 4) is 0 Å². The van der Waals surface area contributed by atoms with E-state index in [9.17, 15) is 4.79 Å². The van der Waals surface area contributed by atoms with Gasteiger partial charge in [0.15, 0.2) is 0 Å². The van der Waals surface area contributed by atoms with Gasteiger partial charge in [-0.15, -0.1) is 0 Å². The molecule has 0 saturated carbocycles. The molecule has 0 radical (unpaired) electrons. The van der Waals surface area contributed by atoms with Gasteiger partial charge in [-0.25, -0.2) is 4.98 Å².